The number of aryl methyl sites for hydroxylation is 1. The SMILES string of the molecule is COc1cnc(C2=CC=C(N(C)C)CC2)c(N2CCN(c3ccc(C)cc3)CC2)c1. The van der Waals surface area contributed by atoms with E-state index < -0.39 is 0 Å². The van der Waals surface area contributed by atoms with Crippen LogP contribution in [-0.2, 0) is 0 Å². The van der Waals surface area contributed by atoms with E-state index in [0.29, 0.717) is 0 Å². The summed E-state index contributed by atoms with van der Waals surface area (Å²) in [5, 5.41) is 0. The number of piperazine rings is 1. The van der Waals surface area contributed by atoms with E-state index in [1.54, 1.807) is 7.11 Å². The molecule has 0 bridgehead atoms. The summed E-state index contributed by atoms with van der Waals surface area (Å²) in [5.41, 5.74) is 7.55. The first kappa shape index (κ1) is 20.3. The number of allylic oxidation sites excluding steroid dienone is 4. The Hall–Kier alpha value is -2.95. The second-order valence-electron chi connectivity index (χ2n) is 8.30. The van der Waals surface area contributed by atoms with Gasteiger partial charge in [-0.05, 0) is 43.5 Å². The highest BCUT2D eigenvalue weighted by Crippen LogP contribution is 2.35. The van der Waals surface area contributed by atoms with Crippen LogP contribution in [0.2, 0.25) is 0 Å². The van der Waals surface area contributed by atoms with Crippen LogP contribution >= 0.6 is 0 Å². The molecule has 1 fully saturated rings. The third-order valence-electron chi connectivity index (χ3n) is 6.10. The molecule has 5 heteroatoms. The lowest BCUT2D eigenvalue weighted by Crippen LogP contribution is -2.46. The number of hydrogen-bond acceptors (Lipinski definition) is 5. The maximum atomic E-state index is 5.50. The number of ether oxygens (including phenoxy) is 1. The third-order valence-corrected chi connectivity index (χ3v) is 6.10. The van der Waals surface area contributed by atoms with Crippen LogP contribution in [0.4, 0.5) is 11.4 Å². The van der Waals surface area contributed by atoms with Gasteiger partial charge >= 0.3 is 0 Å². The van der Waals surface area contributed by atoms with Crippen molar-refractivity contribution in [1.29, 1.82) is 0 Å². The smallest absolute Gasteiger partial charge is 0.139 e. The molecule has 0 unspecified atom stereocenters. The maximum Gasteiger partial charge on any atom is 0.139 e. The highest BCUT2D eigenvalue weighted by atomic mass is 16.5. The molecule has 0 atom stereocenters. The predicted octanol–water partition coefficient (Wildman–Crippen LogP) is 4.35. The van der Waals surface area contributed by atoms with Gasteiger partial charge in [0.05, 0.1) is 24.7 Å². The van der Waals surface area contributed by atoms with Gasteiger partial charge in [0.25, 0.3) is 0 Å². The summed E-state index contributed by atoms with van der Waals surface area (Å²) in [6, 6.07) is 11.0. The molecule has 4 rings (SSSR count). The van der Waals surface area contributed by atoms with Crippen molar-refractivity contribution in [2.45, 2.75) is 19.8 Å². The van der Waals surface area contributed by atoms with Gasteiger partial charge in [0, 0.05) is 57.7 Å². The molecule has 2 heterocycles. The Labute approximate surface area is 180 Å². The molecule has 1 aromatic heterocycles. The summed E-state index contributed by atoms with van der Waals surface area (Å²) >= 11 is 0. The third kappa shape index (κ3) is 4.30. The minimum absolute atomic E-state index is 0.815. The number of nitrogens with zero attached hydrogens (tertiary/aromatic N) is 4. The van der Waals surface area contributed by atoms with Crippen LogP contribution in [-0.4, -0.2) is 57.3 Å². The fourth-order valence-corrected chi connectivity index (χ4v) is 4.19. The van der Waals surface area contributed by atoms with Gasteiger partial charge in [0.2, 0.25) is 0 Å². The van der Waals surface area contributed by atoms with Crippen molar-refractivity contribution in [3.63, 3.8) is 0 Å². The molecule has 2 aromatic rings. The minimum atomic E-state index is 0.815. The summed E-state index contributed by atoms with van der Waals surface area (Å²) in [6.45, 7) is 6.09. The molecule has 1 aliphatic heterocycles. The monoisotopic (exact) mass is 404 g/mol. The molecule has 0 N–H and O–H groups in total. The number of hydrogen-bond donors (Lipinski definition) is 0. The molecule has 158 valence electrons. The lowest BCUT2D eigenvalue weighted by atomic mass is 9.97. The van der Waals surface area contributed by atoms with Crippen LogP contribution in [0.25, 0.3) is 5.57 Å². The fraction of sp³-hybridized carbons (Fsp3) is 0.400. The van der Waals surface area contributed by atoms with E-state index in [0.717, 1.165) is 50.5 Å². The molecule has 1 saturated heterocycles. The van der Waals surface area contributed by atoms with E-state index in [-0.39, 0.29) is 0 Å². The first-order valence-corrected chi connectivity index (χ1v) is 10.7. The Morgan fingerprint density at radius 1 is 0.933 bits per heavy atom. The van der Waals surface area contributed by atoms with Crippen LogP contribution in [0.15, 0.2) is 54.4 Å². The van der Waals surface area contributed by atoms with E-state index >= 15 is 0 Å². The largest absolute Gasteiger partial charge is 0.495 e. The van der Waals surface area contributed by atoms with Gasteiger partial charge < -0.3 is 19.4 Å². The quantitative estimate of drug-likeness (QED) is 0.740. The van der Waals surface area contributed by atoms with Gasteiger partial charge in [-0.2, -0.15) is 0 Å². The summed E-state index contributed by atoms with van der Waals surface area (Å²) in [5.74, 6) is 0.815. The van der Waals surface area contributed by atoms with Gasteiger partial charge in [0.1, 0.15) is 5.75 Å². The number of pyridine rings is 1. The van der Waals surface area contributed by atoms with E-state index in [2.05, 4.69) is 78.2 Å². The van der Waals surface area contributed by atoms with E-state index in [9.17, 15) is 0 Å². The first-order chi connectivity index (χ1) is 14.5. The normalized spacial score (nSPS) is 16.8. The molecular formula is C25H32N4O. The van der Waals surface area contributed by atoms with Crippen LogP contribution in [0, 0.1) is 6.92 Å². The summed E-state index contributed by atoms with van der Waals surface area (Å²) in [7, 11) is 5.92. The Morgan fingerprint density at radius 2 is 1.63 bits per heavy atom. The van der Waals surface area contributed by atoms with Crippen molar-refractivity contribution >= 4 is 16.9 Å². The summed E-state index contributed by atoms with van der Waals surface area (Å²) in [6.07, 6.45) is 8.36. The average Bonchev–Trinajstić information content (AvgIpc) is 2.79. The van der Waals surface area contributed by atoms with Gasteiger partial charge in [-0.1, -0.05) is 23.8 Å². The number of methoxy groups -OCH3 is 1. The van der Waals surface area contributed by atoms with Gasteiger partial charge in [-0.3, -0.25) is 4.98 Å². The molecule has 1 aromatic carbocycles. The Morgan fingerprint density at radius 3 is 2.23 bits per heavy atom. The summed E-state index contributed by atoms with van der Waals surface area (Å²) < 4.78 is 5.50. The Bertz CT molecular complexity index is 938. The standard InChI is InChI=1S/C25H32N4O/c1-19-5-9-22(10-6-19)28-13-15-29(16-14-28)24-17-23(30-4)18-26-25(24)20-7-11-21(12-8-20)27(2)3/h5-7,9-11,17-18H,8,12-16H2,1-4H3. The van der Waals surface area contributed by atoms with Crippen molar-refractivity contribution in [2.24, 2.45) is 0 Å². The topological polar surface area (TPSA) is 31.8 Å². The number of aromatic nitrogens is 1. The second kappa shape index (κ2) is 8.82. The van der Waals surface area contributed by atoms with Crippen molar-refractivity contribution < 1.29 is 4.74 Å². The zero-order valence-electron chi connectivity index (χ0n) is 18.6. The minimum Gasteiger partial charge on any atom is -0.495 e. The molecule has 0 saturated carbocycles. The number of rotatable bonds is 5. The second-order valence-corrected chi connectivity index (χ2v) is 8.30. The first-order valence-electron chi connectivity index (χ1n) is 10.7. The lowest BCUT2D eigenvalue weighted by molar-refractivity contribution is 0.412. The van der Waals surface area contributed by atoms with Gasteiger partial charge in [0.15, 0.2) is 0 Å². The van der Waals surface area contributed by atoms with Crippen LogP contribution in [0.3, 0.4) is 0 Å². The zero-order valence-corrected chi connectivity index (χ0v) is 18.6. The van der Waals surface area contributed by atoms with Crippen LogP contribution in [0.5, 0.6) is 5.75 Å². The maximum absolute atomic E-state index is 5.50. The Kier molecular flexibility index (Phi) is 5.98. The number of benzene rings is 1. The van der Waals surface area contributed by atoms with Crippen LogP contribution in [0.1, 0.15) is 24.1 Å². The van der Waals surface area contributed by atoms with Crippen molar-refractivity contribution in [2.75, 3.05) is 57.2 Å². The number of anilines is 2. The highest BCUT2D eigenvalue weighted by Gasteiger charge is 2.23. The lowest BCUT2D eigenvalue weighted by Gasteiger charge is -2.38. The average molecular weight is 405 g/mol. The fourth-order valence-electron chi connectivity index (χ4n) is 4.19. The Balaban J connectivity index is 1.56. The predicted molar refractivity (Wildman–Crippen MR) is 125 cm³/mol. The molecule has 0 amide bonds. The molecular weight excluding hydrogens is 372 g/mol. The van der Waals surface area contributed by atoms with E-state index in [4.69, 9.17) is 9.72 Å². The molecule has 2 aliphatic rings. The molecule has 0 radical (unpaired) electrons. The van der Waals surface area contributed by atoms with E-state index in [1.807, 2.05) is 6.20 Å². The van der Waals surface area contributed by atoms with E-state index in [1.165, 1.54) is 28.2 Å². The van der Waals surface area contributed by atoms with Crippen LogP contribution < -0.4 is 14.5 Å². The zero-order chi connectivity index (χ0) is 21.1. The molecule has 0 spiro atoms. The molecule has 5 nitrogen and oxygen atoms in total. The van der Waals surface area contributed by atoms with Gasteiger partial charge in [-0.25, -0.2) is 0 Å². The van der Waals surface area contributed by atoms with Crippen molar-refractivity contribution in [1.82, 2.24) is 9.88 Å². The van der Waals surface area contributed by atoms with Gasteiger partial charge in [-0.15, -0.1) is 0 Å². The highest BCUT2D eigenvalue weighted by molar-refractivity contribution is 5.77. The molecule has 1 aliphatic carbocycles. The summed E-state index contributed by atoms with van der Waals surface area (Å²) in [4.78, 5) is 11.9. The molecule has 30 heavy (non-hydrogen) atoms. The van der Waals surface area contributed by atoms with Crippen molar-refractivity contribution in [3.05, 3.63) is 65.6 Å². The van der Waals surface area contributed by atoms with Crippen molar-refractivity contribution in [3.8, 4) is 5.75 Å².